The molecule has 2 aromatic rings. The number of carbonyl (C=O) groups excluding carboxylic acids is 2. The Morgan fingerprint density at radius 3 is 2.27 bits per heavy atom. The molecule has 2 amide bonds. The molecular formula is C26H29N3O4. The van der Waals surface area contributed by atoms with Crippen LogP contribution in [0.1, 0.15) is 18.1 Å². The maximum Gasteiger partial charge on any atom is 0.333 e. The number of carbonyl (C=O) groups is 2. The predicted octanol–water partition coefficient (Wildman–Crippen LogP) is 2.51. The van der Waals surface area contributed by atoms with Gasteiger partial charge in [0.15, 0.2) is 5.60 Å². The third-order valence-corrected chi connectivity index (χ3v) is 5.58. The first-order chi connectivity index (χ1) is 15.8. The first-order valence-corrected chi connectivity index (χ1v) is 10.8. The van der Waals surface area contributed by atoms with Crippen molar-refractivity contribution >= 4 is 17.7 Å². The average molecular weight is 448 g/mol. The van der Waals surface area contributed by atoms with E-state index < -0.39 is 11.6 Å². The molecule has 1 heterocycles. The van der Waals surface area contributed by atoms with E-state index in [4.69, 9.17) is 11.2 Å². The van der Waals surface area contributed by atoms with Gasteiger partial charge in [-0.25, -0.2) is 9.59 Å². The van der Waals surface area contributed by atoms with Gasteiger partial charge in [0.1, 0.15) is 6.61 Å². The molecule has 1 saturated heterocycles. The number of aliphatic hydroxyl groups is 1. The molecule has 0 spiro atoms. The molecule has 172 valence electrons. The molecule has 7 heteroatoms. The Hall–Kier alpha value is -3.76. The molecule has 1 unspecified atom stereocenters. The minimum Gasteiger partial charge on any atom is -0.460 e. The van der Waals surface area contributed by atoms with Crippen molar-refractivity contribution in [2.24, 2.45) is 0 Å². The maximum atomic E-state index is 12.3. The lowest BCUT2D eigenvalue weighted by atomic mass is 9.87. The smallest absolute Gasteiger partial charge is 0.333 e. The summed E-state index contributed by atoms with van der Waals surface area (Å²) in [6.45, 7) is 7.93. The number of rotatable bonds is 7. The van der Waals surface area contributed by atoms with Crippen LogP contribution in [-0.4, -0.2) is 61.3 Å². The Morgan fingerprint density at radius 2 is 1.70 bits per heavy atom. The second-order valence-electron chi connectivity index (χ2n) is 7.89. The first kappa shape index (κ1) is 23.9. The second kappa shape index (κ2) is 10.7. The van der Waals surface area contributed by atoms with Gasteiger partial charge in [0.25, 0.3) is 0 Å². The fourth-order valence-corrected chi connectivity index (χ4v) is 3.63. The zero-order valence-electron chi connectivity index (χ0n) is 18.8. The van der Waals surface area contributed by atoms with E-state index in [9.17, 15) is 14.7 Å². The molecule has 0 saturated carbocycles. The van der Waals surface area contributed by atoms with Crippen molar-refractivity contribution in [3.63, 3.8) is 0 Å². The van der Waals surface area contributed by atoms with Gasteiger partial charge in [-0.3, -0.25) is 0 Å². The average Bonchev–Trinajstić information content (AvgIpc) is 2.86. The van der Waals surface area contributed by atoms with Crippen LogP contribution in [0.3, 0.4) is 0 Å². The van der Waals surface area contributed by atoms with Gasteiger partial charge in [-0.05, 0) is 19.1 Å². The monoisotopic (exact) mass is 447 g/mol. The summed E-state index contributed by atoms with van der Waals surface area (Å²) in [5.41, 5.74) is 1.11. The lowest BCUT2D eigenvalue weighted by Crippen LogP contribution is -2.52. The topological polar surface area (TPSA) is 82.1 Å². The normalized spacial score (nSPS) is 15.2. The summed E-state index contributed by atoms with van der Waals surface area (Å²) >= 11 is 0. The van der Waals surface area contributed by atoms with Crippen LogP contribution in [0.5, 0.6) is 0 Å². The van der Waals surface area contributed by atoms with Crippen LogP contribution >= 0.6 is 0 Å². The standard InChI is InChI=1S/C26H29N3O4/c1-4-26(32,21-8-6-5-7-9-21)22-10-12-23(13-11-22)28-15-17-29(18-16-28)25(31)27-14-19-33-24(30)20(2)3/h1,5-13,32H,2,14-19H2,3H3,(H,27,31). The summed E-state index contributed by atoms with van der Waals surface area (Å²) < 4.78 is 4.98. The zero-order valence-corrected chi connectivity index (χ0v) is 18.8. The summed E-state index contributed by atoms with van der Waals surface area (Å²) in [4.78, 5) is 27.6. The molecule has 1 atom stereocenters. The highest BCUT2D eigenvalue weighted by atomic mass is 16.5. The number of anilines is 1. The first-order valence-electron chi connectivity index (χ1n) is 10.8. The molecule has 2 aromatic carbocycles. The van der Waals surface area contributed by atoms with Crippen molar-refractivity contribution in [2.45, 2.75) is 12.5 Å². The van der Waals surface area contributed by atoms with Crippen LogP contribution in [0.15, 0.2) is 66.7 Å². The number of hydrogen-bond acceptors (Lipinski definition) is 5. The molecular weight excluding hydrogens is 418 g/mol. The van der Waals surface area contributed by atoms with E-state index in [1.54, 1.807) is 11.8 Å². The van der Waals surface area contributed by atoms with Crippen molar-refractivity contribution in [1.29, 1.82) is 0 Å². The Morgan fingerprint density at radius 1 is 1.09 bits per heavy atom. The van der Waals surface area contributed by atoms with Gasteiger partial charge in [-0.2, -0.15) is 0 Å². The number of urea groups is 1. The lowest BCUT2D eigenvalue weighted by molar-refractivity contribution is -0.138. The fraction of sp³-hybridized carbons (Fsp3) is 0.308. The van der Waals surface area contributed by atoms with Crippen LogP contribution < -0.4 is 10.2 Å². The molecule has 1 fully saturated rings. The number of nitrogens with one attached hydrogen (secondary N) is 1. The summed E-state index contributed by atoms with van der Waals surface area (Å²) in [6, 6.07) is 16.6. The van der Waals surface area contributed by atoms with Crippen molar-refractivity contribution in [1.82, 2.24) is 10.2 Å². The summed E-state index contributed by atoms with van der Waals surface area (Å²) in [6.07, 6.45) is 5.68. The van der Waals surface area contributed by atoms with E-state index in [2.05, 4.69) is 22.7 Å². The molecule has 1 aliphatic rings. The van der Waals surface area contributed by atoms with Crippen LogP contribution in [0, 0.1) is 12.3 Å². The number of amides is 2. The van der Waals surface area contributed by atoms with Crippen molar-refractivity contribution in [2.75, 3.05) is 44.2 Å². The summed E-state index contributed by atoms with van der Waals surface area (Å²) in [5.74, 6) is 2.06. The highest BCUT2D eigenvalue weighted by Crippen LogP contribution is 2.30. The number of ether oxygens (including phenoxy) is 1. The lowest BCUT2D eigenvalue weighted by Gasteiger charge is -2.36. The van der Waals surface area contributed by atoms with Gasteiger partial charge in [-0.1, -0.05) is 55.0 Å². The quantitative estimate of drug-likeness (QED) is 0.295. The van der Waals surface area contributed by atoms with Crippen LogP contribution in [0.25, 0.3) is 0 Å². The van der Waals surface area contributed by atoms with Gasteiger partial charge < -0.3 is 25.0 Å². The third-order valence-electron chi connectivity index (χ3n) is 5.58. The van der Waals surface area contributed by atoms with Gasteiger partial charge >= 0.3 is 12.0 Å². The molecule has 7 nitrogen and oxygen atoms in total. The van der Waals surface area contributed by atoms with Gasteiger partial charge in [-0.15, -0.1) is 6.42 Å². The zero-order chi connectivity index (χ0) is 23.8. The molecule has 0 radical (unpaired) electrons. The van der Waals surface area contributed by atoms with E-state index in [1.807, 2.05) is 54.6 Å². The third kappa shape index (κ3) is 5.73. The Bertz CT molecular complexity index is 1020. The molecule has 3 rings (SSSR count). The second-order valence-corrected chi connectivity index (χ2v) is 7.89. The predicted molar refractivity (Wildman–Crippen MR) is 128 cm³/mol. The van der Waals surface area contributed by atoms with Crippen molar-refractivity contribution < 1.29 is 19.4 Å². The number of benzene rings is 2. The van der Waals surface area contributed by atoms with E-state index in [-0.39, 0.29) is 19.2 Å². The summed E-state index contributed by atoms with van der Waals surface area (Å²) in [5, 5.41) is 13.8. The Balaban J connectivity index is 1.52. The highest BCUT2D eigenvalue weighted by Gasteiger charge is 2.29. The molecule has 2 N–H and O–H groups in total. The summed E-state index contributed by atoms with van der Waals surface area (Å²) in [7, 11) is 0. The van der Waals surface area contributed by atoms with E-state index in [0.29, 0.717) is 42.9 Å². The van der Waals surface area contributed by atoms with E-state index >= 15 is 0 Å². The van der Waals surface area contributed by atoms with Gasteiger partial charge in [0.05, 0.1) is 6.54 Å². The minimum absolute atomic E-state index is 0.108. The van der Waals surface area contributed by atoms with Crippen molar-refractivity contribution in [3.05, 3.63) is 77.9 Å². The van der Waals surface area contributed by atoms with Crippen LogP contribution in [0.2, 0.25) is 0 Å². The Kier molecular flexibility index (Phi) is 7.75. The Labute approximate surface area is 194 Å². The number of esters is 1. The molecule has 0 aromatic heterocycles. The number of hydrogen-bond donors (Lipinski definition) is 2. The number of terminal acetylenes is 1. The molecule has 0 bridgehead atoms. The number of piperazine rings is 1. The molecule has 0 aliphatic carbocycles. The van der Waals surface area contributed by atoms with Crippen LogP contribution in [0.4, 0.5) is 10.5 Å². The van der Waals surface area contributed by atoms with Crippen LogP contribution in [-0.2, 0) is 15.1 Å². The van der Waals surface area contributed by atoms with Gasteiger partial charge in [0.2, 0.25) is 0 Å². The maximum absolute atomic E-state index is 12.3. The fourth-order valence-electron chi connectivity index (χ4n) is 3.63. The van der Waals surface area contributed by atoms with Crippen molar-refractivity contribution in [3.8, 4) is 12.3 Å². The molecule has 1 aliphatic heterocycles. The highest BCUT2D eigenvalue weighted by molar-refractivity contribution is 5.86. The number of nitrogens with zero attached hydrogens (tertiary/aromatic N) is 2. The SMILES string of the molecule is C#CC(O)(c1ccccc1)c1ccc(N2CCN(C(=O)NCCOC(=O)C(=C)C)CC2)cc1. The molecule has 33 heavy (non-hydrogen) atoms. The largest absolute Gasteiger partial charge is 0.460 e. The minimum atomic E-state index is -1.49. The van der Waals surface area contributed by atoms with Gasteiger partial charge in [0, 0.05) is 48.6 Å². The van der Waals surface area contributed by atoms with E-state index in [1.165, 1.54) is 0 Å². The van der Waals surface area contributed by atoms with E-state index in [0.717, 1.165) is 5.69 Å².